The lowest BCUT2D eigenvalue weighted by Crippen LogP contribution is -2.46. The van der Waals surface area contributed by atoms with E-state index in [9.17, 15) is 18.0 Å². The first-order chi connectivity index (χ1) is 11.8. The van der Waals surface area contributed by atoms with Gasteiger partial charge < -0.3 is 15.0 Å². The van der Waals surface area contributed by atoms with Crippen LogP contribution in [0.15, 0.2) is 24.3 Å². The Labute approximate surface area is 152 Å². The largest absolute Gasteiger partial charge is 0.484 e. The standard InChI is InChI=1S/C16H21ClN2O5S/c1-2-19(13-7-8-25(22,23)11-13)16(21)9-18-15(20)10-24-14-5-3-12(17)4-6-14/h3-6,13H,2,7-11H2,1H3,(H,18,20). The van der Waals surface area contributed by atoms with Crippen molar-refractivity contribution in [2.24, 2.45) is 0 Å². The van der Waals surface area contributed by atoms with Gasteiger partial charge in [0.1, 0.15) is 5.75 Å². The highest BCUT2D eigenvalue weighted by atomic mass is 35.5. The van der Waals surface area contributed by atoms with Crippen LogP contribution in [-0.4, -0.2) is 62.4 Å². The van der Waals surface area contributed by atoms with E-state index in [1.54, 1.807) is 31.2 Å². The lowest BCUT2D eigenvalue weighted by atomic mass is 10.2. The fraction of sp³-hybridized carbons (Fsp3) is 0.500. The lowest BCUT2D eigenvalue weighted by molar-refractivity contribution is -0.134. The Kier molecular flexibility index (Phi) is 6.66. The van der Waals surface area contributed by atoms with Gasteiger partial charge >= 0.3 is 0 Å². The summed E-state index contributed by atoms with van der Waals surface area (Å²) in [6.07, 6.45) is 0.440. The van der Waals surface area contributed by atoms with Crippen LogP contribution in [0, 0.1) is 0 Å². The van der Waals surface area contributed by atoms with Crippen molar-refractivity contribution >= 4 is 33.3 Å². The average Bonchev–Trinajstić information content (AvgIpc) is 2.92. The van der Waals surface area contributed by atoms with E-state index in [1.807, 2.05) is 0 Å². The van der Waals surface area contributed by atoms with Crippen LogP contribution in [0.25, 0.3) is 0 Å². The second-order valence-corrected chi connectivity index (χ2v) is 8.42. The Bertz CT molecular complexity index is 721. The van der Waals surface area contributed by atoms with Crippen LogP contribution in [0.4, 0.5) is 0 Å². The topological polar surface area (TPSA) is 92.8 Å². The van der Waals surface area contributed by atoms with Gasteiger partial charge in [-0.2, -0.15) is 0 Å². The van der Waals surface area contributed by atoms with Crippen molar-refractivity contribution in [2.45, 2.75) is 19.4 Å². The molecule has 2 rings (SSSR count). The number of hydrogen-bond donors (Lipinski definition) is 1. The van der Waals surface area contributed by atoms with Gasteiger partial charge in [0.15, 0.2) is 16.4 Å². The summed E-state index contributed by atoms with van der Waals surface area (Å²) in [7, 11) is -3.07. The molecule has 1 aliphatic heterocycles. The fourth-order valence-corrected chi connectivity index (χ4v) is 4.52. The number of sulfone groups is 1. The molecule has 1 atom stereocenters. The molecule has 1 saturated heterocycles. The van der Waals surface area contributed by atoms with Crippen LogP contribution < -0.4 is 10.1 Å². The minimum atomic E-state index is -3.07. The number of carbonyl (C=O) groups is 2. The van der Waals surface area contributed by atoms with Gasteiger partial charge in [0.05, 0.1) is 18.1 Å². The first kappa shape index (κ1) is 19.5. The van der Waals surface area contributed by atoms with Crippen molar-refractivity contribution in [1.82, 2.24) is 10.2 Å². The molecule has 0 aromatic heterocycles. The van der Waals surface area contributed by atoms with Crippen molar-refractivity contribution in [3.05, 3.63) is 29.3 Å². The van der Waals surface area contributed by atoms with Gasteiger partial charge in [0, 0.05) is 17.6 Å². The summed E-state index contributed by atoms with van der Waals surface area (Å²) in [6, 6.07) is 6.25. The van der Waals surface area contributed by atoms with Crippen molar-refractivity contribution in [3.8, 4) is 5.75 Å². The molecule has 0 radical (unpaired) electrons. The number of halogens is 1. The summed E-state index contributed by atoms with van der Waals surface area (Å²) < 4.78 is 28.4. The number of nitrogens with zero attached hydrogens (tertiary/aromatic N) is 1. The van der Waals surface area contributed by atoms with Crippen LogP contribution in [0.1, 0.15) is 13.3 Å². The number of hydrogen-bond acceptors (Lipinski definition) is 5. The zero-order valence-electron chi connectivity index (χ0n) is 13.9. The Balaban J connectivity index is 1.77. The van der Waals surface area contributed by atoms with E-state index in [-0.39, 0.29) is 36.6 Å². The van der Waals surface area contributed by atoms with E-state index in [2.05, 4.69) is 5.32 Å². The smallest absolute Gasteiger partial charge is 0.258 e. The third-order valence-electron chi connectivity index (χ3n) is 3.93. The zero-order chi connectivity index (χ0) is 18.4. The zero-order valence-corrected chi connectivity index (χ0v) is 15.5. The molecule has 0 spiro atoms. The first-order valence-corrected chi connectivity index (χ1v) is 10.2. The van der Waals surface area contributed by atoms with E-state index in [0.29, 0.717) is 23.7 Å². The third kappa shape index (κ3) is 5.89. The molecule has 1 fully saturated rings. The summed E-state index contributed by atoms with van der Waals surface area (Å²) >= 11 is 5.76. The fourth-order valence-electron chi connectivity index (χ4n) is 2.67. The highest BCUT2D eigenvalue weighted by Gasteiger charge is 2.33. The molecule has 7 nitrogen and oxygen atoms in total. The lowest BCUT2D eigenvalue weighted by Gasteiger charge is -2.26. The highest BCUT2D eigenvalue weighted by molar-refractivity contribution is 7.91. The van der Waals surface area contributed by atoms with Gasteiger partial charge in [-0.25, -0.2) is 8.42 Å². The van der Waals surface area contributed by atoms with Crippen LogP contribution in [-0.2, 0) is 19.4 Å². The number of nitrogens with one attached hydrogen (secondary N) is 1. The van der Waals surface area contributed by atoms with E-state index >= 15 is 0 Å². The summed E-state index contributed by atoms with van der Waals surface area (Å²) in [5.41, 5.74) is 0. The molecule has 1 heterocycles. The molecule has 1 aliphatic rings. The second kappa shape index (κ2) is 8.53. The Hall–Kier alpha value is -1.80. The number of benzene rings is 1. The van der Waals surface area contributed by atoms with Gasteiger partial charge in [-0.3, -0.25) is 9.59 Å². The SMILES string of the molecule is CCN(C(=O)CNC(=O)COc1ccc(Cl)cc1)C1CCS(=O)(=O)C1. The van der Waals surface area contributed by atoms with Crippen molar-refractivity contribution in [3.63, 3.8) is 0 Å². The molecular formula is C16H21ClN2O5S. The second-order valence-electron chi connectivity index (χ2n) is 5.76. The van der Waals surface area contributed by atoms with Gasteiger partial charge in [-0.15, -0.1) is 0 Å². The molecule has 1 unspecified atom stereocenters. The number of rotatable bonds is 7. The summed E-state index contributed by atoms with van der Waals surface area (Å²) in [5.74, 6) is -0.150. The number of amides is 2. The van der Waals surface area contributed by atoms with Gasteiger partial charge in [0.2, 0.25) is 5.91 Å². The third-order valence-corrected chi connectivity index (χ3v) is 5.93. The average molecular weight is 389 g/mol. The molecule has 0 saturated carbocycles. The Morgan fingerprint density at radius 3 is 2.56 bits per heavy atom. The molecule has 138 valence electrons. The molecule has 25 heavy (non-hydrogen) atoms. The molecular weight excluding hydrogens is 368 g/mol. The number of carbonyl (C=O) groups excluding carboxylic acids is 2. The van der Waals surface area contributed by atoms with E-state index < -0.39 is 15.7 Å². The highest BCUT2D eigenvalue weighted by Crippen LogP contribution is 2.18. The molecule has 1 aromatic carbocycles. The van der Waals surface area contributed by atoms with Crippen LogP contribution in [0.5, 0.6) is 5.75 Å². The minimum Gasteiger partial charge on any atom is -0.484 e. The number of likely N-dealkylation sites (N-methyl/N-ethyl adjacent to an activating group) is 1. The quantitative estimate of drug-likeness (QED) is 0.748. The van der Waals surface area contributed by atoms with Gasteiger partial charge in [-0.05, 0) is 37.6 Å². The van der Waals surface area contributed by atoms with Crippen LogP contribution in [0.3, 0.4) is 0 Å². The molecule has 2 amide bonds. The van der Waals surface area contributed by atoms with Crippen LogP contribution >= 0.6 is 11.6 Å². The predicted octanol–water partition coefficient (Wildman–Crippen LogP) is 0.871. The van der Waals surface area contributed by atoms with Gasteiger partial charge in [0.25, 0.3) is 5.91 Å². The molecule has 1 aromatic rings. The summed E-state index contributed by atoms with van der Waals surface area (Å²) in [4.78, 5) is 25.5. The minimum absolute atomic E-state index is 0.0137. The first-order valence-electron chi connectivity index (χ1n) is 7.95. The maximum atomic E-state index is 12.2. The monoisotopic (exact) mass is 388 g/mol. The molecule has 1 N–H and O–H groups in total. The van der Waals surface area contributed by atoms with Gasteiger partial charge in [-0.1, -0.05) is 11.6 Å². The van der Waals surface area contributed by atoms with E-state index in [1.165, 1.54) is 4.90 Å². The predicted molar refractivity (Wildman–Crippen MR) is 94.4 cm³/mol. The maximum Gasteiger partial charge on any atom is 0.258 e. The van der Waals surface area contributed by atoms with Crippen LogP contribution in [0.2, 0.25) is 5.02 Å². The summed E-state index contributed by atoms with van der Waals surface area (Å²) in [5, 5.41) is 3.06. The number of ether oxygens (including phenoxy) is 1. The van der Waals surface area contributed by atoms with E-state index in [0.717, 1.165) is 0 Å². The normalized spacial score (nSPS) is 18.6. The maximum absolute atomic E-state index is 12.2. The van der Waals surface area contributed by atoms with E-state index in [4.69, 9.17) is 16.3 Å². The summed E-state index contributed by atoms with van der Waals surface area (Å²) in [6.45, 7) is 1.77. The molecule has 0 aliphatic carbocycles. The van der Waals surface area contributed by atoms with Crippen molar-refractivity contribution in [1.29, 1.82) is 0 Å². The Morgan fingerprint density at radius 2 is 2.00 bits per heavy atom. The Morgan fingerprint density at radius 1 is 1.32 bits per heavy atom. The molecule has 9 heteroatoms. The van der Waals surface area contributed by atoms with Crippen molar-refractivity contribution in [2.75, 3.05) is 31.2 Å². The molecule has 0 bridgehead atoms. The van der Waals surface area contributed by atoms with Crippen molar-refractivity contribution < 1.29 is 22.7 Å².